The van der Waals surface area contributed by atoms with Crippen LogP contribution in [0.4, 0.5) is 0 Å². The van der Waals surface area contributed by atoms with Gasteiger partial charge in [0.25, 0.3) is 0 Å². The Kier molecular flexibility index (Phi) is 3.78. The van der Waals surface area contributed by atoms with E-state index in [1.54, 1.807) is 0 Å². The van der Waals surface area contributed by atoms with Gasteiger partial charge in [-0.1, -0.05) is 0 Å². The molecule has 1 unspecified atom stereocenters. The monoisotopic (exact) mass is 296 g/mol. The fourth-order valence-electron chi connectivity index (χ4n) is 2.15. The summed E-state index contributed by atoms with van der Waals surface area (Å²) in [5.41, 5.74) is 1.22. The van der Waals surface area contributed by atoms with E-state index in [0.717, 1.165) is 32.8 Å². The molecule has 91 valence electrons. The predicted molar refractivity (Wildman–Crippen MR) is 64.4 cm³/mol. The molecule has 5 heteroatoms. The third-order valence-corrected chi connectivity index (χ3v) is 5.94. The Morgan fingerprint density at radius 3 is 2.47 bits per heavy atom. The molecule has 0 spiro atoms. The molecular formula is C12H16GeNO3. The second kappa shape index (κ2) is 5.50. The summed E-state index contributed by atoms with van der Waals surface area (Å²) in [6.07, 6.45) is 0.104. The van der Waals surface area contributed by atoms with E-state index in [1.807, 2.05) is 6.07 Å². The van der Waals surface area contributed by atoms with Crippen molar-refractivity contribution < 1.29 is 11.3 Å². The van der Waals surface area contributed by atoms with Crippen LogP contribution in [0.1, 0.15) is 11.7 Å². The second-order valence-corrected chi connectivity index (χ2v) is 7.02. The molecule has 0 saturated carbocycles. The van der Waals surface area contributed by atoms with Gasteiger partial charge in [0.2, 0.25) is 0 Å². The standard InChI is InChI=1S/C12H16GeNO3/c1-2-4-11(5-3-1)12-10-14-6-8-15-13(17-12)16-9-7-14/h1-5,12H,6-10H2. The number of hydrogen-bond donors (Lipinski definition) is 0. The van der Waals surface area contributed by atoms with Crippen molar-refractivity contribution in [3.63, 3.8) is 0 Å². The van der Waals surface area contributed by atoms with Gasteiger partial charge in [-0.25, -0.2) is 0 Å². The average Bonchev–Trinajstić information content (AvgIpc) is 2.27. The molecule has 3 aliphatic rings. The van der Waals surface area contributed by atoms with Crippen molar-refractivity contribution in [1.29, 1.82) is 0 Å². The van der Waals surface area contributed by atoms with E-state index in [1.165, 1.54) is 5.56 Å². The van der Waals surface area contributed by atoms with Crippen LogP contribution in [0.3, 0.4) is 0 Å². The maximum atomic E-state index is 6.03. The molecule has 4 nitrogen and oxygen atoms in total. The van der Waals surface area contributed by atoms with Crippen LogP contribution < -0.4 is 0 Å². The van der Waals surface area contributed by atoms with Crippen molar-refractivity contribution in [3.8, 4) is 0 Å². The van der Waals surface area contributed by atoms with Crippen LogP contribution in [0.2, 0.25) is 0 Å². The van der Waals surface area contributed by atoms with Crippen molar-refractivity contribution in [1.82, 2.24) is 4.90 Å². The van der Waals surface area contributed by atoms with Gasteiger partial charge in [0.05, 0.1) is 0 Å². The van der Waals surface area contributed by atoms with Gasteiger partial charge in [-0.15, -0.1) is 0 Å². The average molecular weight is 295 g/mol. The summed E-state index contributed by atoms with van der Waals surface area (Å²) in [7, 11) is 0. The van der Waals surface area contributed by atoms with Gasteiger partial charge in [0.15, 0.2) is 0 Å². The van der Waals surface area contributed by atoms with Gasteiger partial charge in [-0.3, -0.25) is 0 Å². The molecule has 1 aromatic rings. The Morgan fingerprint density at radius 1 is 1.06 bits per heavy atom. The van der Waals surface area contributed by atoms with Crippen LogP contribution in [0.5, 0.6) is 0 Å². The topological polar surface area (TPSA) is 30.9 Å². The first kappa shape index (κ1) is 11.7. The molecule has 2 bridgehead atoms. The Labute approximate surface area is 107 Å². The van der Waals surface area contributed by atoms with Crippen LogP contribution in [-0.2, 0) is 11.3 Å². The van der Waals surface area contributed by atoms with E-state index < -0.39 is 15.4 Å². The summed E-state index contributed by atoms with van der Waals surface area (Å²) < 4.78 is 17.4. The van der Waals surface area contributed by atoms with E-state index in [-0.39, 0.29) is 6.10 Å². The molecule has 1 aromatic carbocycles. The zero-order valence-corrected chi connectivity index (χ0v) is 11.8. The molecule has 3 aliphatic heterocycles. The molecule has 0 aromatic heterocycles. The molecule has 0 N–H and O–H groups in total. The second-order valence-electron chi connectivity index (χ2n) is 4.26. The third kappa shape index (κ3) is 2.89. The molecule has 1 atom stereocenters. The van der Waals surface area contributed by atoms with Crippen molar-refractivity contribution in [2.24, 2.45) is 0 Å². The van der Waals surface area contributed by atoms with Gasteiger partial charge in [-0.2, -0.15) is 0 Å². The SMILES string of the molecule is c1ccc(C2CN3CC[O][Ge]([O]CC3)[O]2)cc1. The minimum absolute atomic E-state index is 0.104. The normalized spacial score (nSPS) is 30.6. The van der Waals surface area contributed by atoms with Gasteiger partial charge < -0.3 is 0 Å². The molecule has 3 heterocycles. The summed E-state index contributed by atoms with van der Waals surface area (Å²) in [6, 6.07) is 10.4. The number of benzene rings is 1. The van der Waals surface area contributed by atoms with E-state index >= 15 is 0 Å². The Morgan fingerprint density at radius 2 is 1.76 bits per heavy atom. The molecular weight excluding hydrogens is 279 g/mol. The fraction of sp³-hybridized carbons (Fsp3) is 0.500. The Bertz CT molecular complexity index is 338. The molecule has 3 fully saturated rings. The number of hydrogen-bond acceptors (Lipinski definition) is 4. The van der Waals surface area contributed by atoms with Crippen LogP contribution in [0.25, 0.3) is 0 Å². The van der Waals surface area contributed by atoms with Crippen LogP contribution in [0.15, 0.2) is 30.3 Å². The molecule has 1 radical (unpaired) electrons. The summed E-state index contributed by atoms with van der Waals surface area (Å²) in [5, 5.41) is 0. The summed E-state index contributed by atoms with van der Waals surface area (Å²) in [5.74, 6) is 0. The first-order chi connectivity index (χ1) is 8.42. The van der Waals surface area contributed by atoms with Crippen molar-refractivity contribution in [2.45, 2.75) is 6.10 Å². The minimum atomic E-state index is -2.20. The summed E-state index contributed by atoms with van der Waals surface area (Å²) in [6.45, 7) is 4.43. The molecule has 17 heavy (non-hydrogen) atoms. The van der Waals surface area contributed by atoms with Crippen LogP contribution in [0, 0.1) is 0 Å². The molecule has 0 amide bonds. The summed E-state index contributed by atoms with van der Waals surface area (Å²) in [4.78, 5) is 2.35. The van der Waals surface area contributed by atoms with Gasteiger partial charge in [0, 0.05) is 0 Å². The van der Waals surface area contributed by atoms with E-state index in [9.17, 15) is 0 Å². The van der Waals surface area contributed by atoms with Crippen LogP contribution >= 0.6 is 0 Å². The Hall–Kier alpha value is -0.397. The van der Waals surface area contributed by atoms with Crippen LogP contribution in [-0.4, -0.2) is 53.1 Å². The predicted octanol–water partition coefficient (Wildman–Crippen LogP) is 1.09. The van der Waals surface area contributed by atoms with Crippen molar-refractivity contribution >= 4 is 15.4 Å². The third-order valence-electron chi connectivity index (χ3n) is 3.09. The van der Waals surface area contributed by atoms with Crippen molar-refractivity contribution in [3.05, 3.63) is 35.9 Å². The van der Waals surface area contributed by atoms with E-state index in [4.69, 9.17) is 11.3 Å². The van der Waals surface area contributed by atoms with Gasteiger partial charge >= 0.3 is 106 Å². The number of fused-ring (bicyclic) bond motifs is 6. The van der Waals surface area contributed by atoms with E-state index in [2.05, 4.69) is 29.2 Å². The first-order valence-corrected chi connectivity index (χ1v) is 8.55. The van der Waals surface area contributed by atoms with Gasteiger partial charge in [-0.05, 0) is 0 Å². The van der Waals surface area contributed by atoms with Crippen molar-refractivity contribution in [2.75, 3.05) is 32.8 Å². The fourth-order valence-corrected chi connectivity index (χ4v) is 4.62. The molecule has 3 saturated heterocycles. The van der Waals surface area contributed by atoms with E-state index in [0.29, 0.717) is 0 Å². The number of rotatable bonds is 1. The zero-order valence-electron chi connectivity index (χ0n) is 9.67. The molecule has 4 rings (SSSR count). The number of nitrogens with zero attached hydrogens (tertiary/aromatic N) is 1. The zero-order chi connectivity index (χ0) is 11.5. The Balaban J connectivity index is 1.80. The quantitative estimate of drug-likeness (QED) is 0.726. The maximum absolute atomic E-state index is 6.03. The molecule has 0 aliphatic carbocycles. The summed E-state index contributed by atoms with van der Waals surface area (Å²) >= 11 is -2.20. The first-order valence-electron chi connectivity index (χ1n) is 5.98. The van der Waals surface area contributed by atoms with Gasteiger partial charge in [0.1, 0.15) is 0 Å².